The van der Waals surface area contributed by atoms with Crippen LogP contribution in [0.1, 0.15) is 33.8 Å². The van der Waals surface area contributed by atoms with Crippen LogP contribution >= 0.6 is 34.8 Å². The Bertz CT molecular complexity index is 1220. The molecule has 10 heteroatoms. The first-order valence-electron chi connectivity index (χ1n) is 9.99. The van der Waals surface area contributed by atoms with Crippen LogP contribution in [0.15, 0.2) is 54.6 Å². The monoisotopic (exact) mass is 527 g/mol. The molecule has 1 heterocycles. The van der Waals surface area contributed by atoms with Crippen molar-refractivity contribution in [3.63, 3.8) is 0 Å². The molecule has 0 radical (unpaired) electrons. The van der Waals surface area contributed by atoms with Crippen LogP contribution in [0.4, 0.5) is 0 Å². The van der Waals surface area contributed by atoms with E-state index in [0.717, 1.165) is 5.56 Å². The van der Waals surface area contributed by atoms with Crippen molar-refractivity contribution in [2.75, 3.05) is 6.61 Å². The van der Waals surface area contributed by atoms with E-state index in [1.807, 2.05) is 0 Å². The number of rotatable bonds is 6. The number of aliphatic carboxylic acids is 1. The number of carbonyl (C=O) groups excluding carboxylic acids is 2. The predicted octanol–water partition coefficient (Wildman–Crippen LogP) is 1.99. The molecule has 1 atom stereocenters. The largest absolute Gasteiger partial charge is 1.00 e. The Kier molecular flexibility index (Phi) is 9.15. The molecule has 0 aliphatic carbocycles. The SMILES string of the molecule is O=C(NCc1ccc(Cl)c(Cl)c1)c1ccc(Oc2cc3c(cc2Cl)C(C(=O)[O-])CCO3)cc1.[Na+]. The number of amides is 1. The first-order chi connectivity index (χ1) is 15.8. The fourth-order valence-electron chi connectivity index (χ4n) is 3.45. The number of nitrogens with one attached hydrogen (secondary N) is 1. The zero-order chi connectivity index (χ0) is 23.5. The minimum atomic E-state index is -1.17. The third-order valence-corrected chi connectivity index (χ3v) is 6.20. The molecular formula is C24H17Cl3NNaO5. The Hall–Kier alpha value is -1.93. The first-order valence-corrected chi connectivity index (χ1v) is 11.1. The molecule has 1 amide bonds. The van der Waals surface area contributed by atoms with E-state index in [1.54, 1.807) is 48.5 Å². The van der Waals surface area contributed by atoms with E-state index in [9.17, 15) is 14.7 Å². The summed E-state index contributed by atoms with van der Waals surface area (Å²) >= 11 is 18.2. The van der Waals surface area contributed by atoms with Crippen LogP contribution < -0.4 is 49.5 Å². The molecule has 0 fully saturated rings. The van der Waals surface area contributed by atoms with Crippen molar-refractivity contribution < 1.29 is 53.7 Å². The van der Waals surface area contributed by atoms with E-state index in [4.69, 9.17) is 44.3 Å². The van der Waals surface area contributed by atoms with Gasteiger partial charge in [-0.25, -0.2) is 0 Å². The molecule has 1 unspecified atom stereocenters. The molecule has 4 rings (SSSR count). The zero-order valence-corrected chi connectivity index (χ0v) is 22.3. The van der Waals surface area contributed by atoms with Gasteiger partial charge in [-0.05, 0) is 54.4 Å². The third kappa shape index (κ3) is 6.19. The molecule has 1 aliphatic rings. The van der Waals surface area contributed by atoms with Crippen molar-refractivity contribution in [1.29, 1.82) is 0 Å². The van der Waals surface area contributed by atoms with Gasteiger partial charge in [0.15, 0.2) is 0 Å². The summed E-state index contributed by atoms with van der Waals surface area (Å²) in [5.41, 5.74) is 1.73. The summed E-state index contributed by atoms with van der Waals surface area (Å²) in [6, 6.07) is 14.7. The topological polar surface area (TPSA) is 87.7 Å². The van der Waals surface area contributed by atoms with Crippen molar-refractivity contribution in [2.45, 2.75) is 18.9 Å². The van der Waals surface area contributed by atoms with Gasteiger partial charge in [-0.1, -0.05) is 40.9 Å². The van der Waals surface area contributed by atoms with Gasteiger partial charge in [0.2, 0.25) is 0 Å². The van der Waals surface area contributed by atoms with Gasteiger partial charge >= 0.3 is 29.6 Å². The van der Waals surface area contributed by atoms with Crippen molar-refractivity contribution in [1.82, 2.24) is 5.32 Å². The number of carbonyl (C=O) groups is 2. The second-order valence-corrected chi connectivity index (χ2v) is 8.61. The van der Waals surface area contributed by atoms with E-state index >= 15 is 0 Å². The molecule has 0 spiro atoms. The summed E-state index contributed by atoms with van der Waals surface area (Å²) < 4.78 is 11.4. The standard InChI is InChI=1S/C24H18Cl3NO5.Na/c25-18-6-1-13(9-19(18)26)12-28-23(29)14-2-4-15(5-3-14)33-22-11-21-17(10-20(22)27)16(24(30)31)7-8-32-21;/h1-6,9-11,16H,7-8,12H2,(H,28,29)(H,30,31);/q;+1/p-1. The van der Waals surface area contributed by atoms with Gasteiger partial charge in [-0.3, -0.25) is 4.79 Å². The molecule has 6 nitrogen and oxygen atoms in total. The Morgan fingerprint density at radius 1 is 1.00 bits per heavy atom. The normalized spacial score (nSPS) is 14.3. The van der Waals surface area contributed by atoms with Crippen LogP contribution in [-0.4, -0.2) is 18.5 Å². The van der Waals surface area contributed by atoms with Crippen LogP contribution in [0.2, 0.25) is 15.1 Å². The van der Waals surface area contributed by atoms with Gasteiger partial charge in [0.1, 0.15) is 17.2 Å². The summed E-state index contributed by atoms with van der Waals surface area (Å²) in [7, 11) is 0. The average molecular weight is 529 g/mol. The minimum absolute atomic E-state index is 0. The molecule has 0 aromatic heterocycles. The molecule has 0 saturated carbocycles. The smallest absolute Gasteiger partial charge is 0.549 e. The van der Waals surface area contributed by atoms with Gasteiger partial charge in [-0.15, -0.1) is 0 Å². The van der Waals surface area contributed by atoms with Gasteiger partial charge in [0.05, 0.1) is 21.7 Å². The van der Waals surface area contributed by atoms with Gasteiger partial charge < -0.3 is 24.7 Å². The molecule has 170 valence electrons. The van der Waals surface area contributed by atoms with Crippen LogP contribution in [0.3, 0.4) is 0 Å². The van der Waals surface area contributed by atoms with E-state index in [1.165, 1.54) is 6.07 Å². The summed E-state index contributed by atoms with van der Waals surface area (Å²) in [4.78, 5) is 23.8. The number of benzene rings is 3. The van der Waals surface area contributed by atoms with E-state index in [2.05, 4.69) is 5.32 Å². The molecule has 0 bridgehead atoms. The Labute approximate surface area is 233 Å². The minimum Gasteiger partial charge on any atom is -0.549 e. The van der Waals surface area contributed by atoms with Gasteiger partial charge in [0, 0.05) is 35.6 Å². The van der Waals surface area contributed by atoms with E-state index < -0.39 is 11.9 Å². The van der Waals surface area contributed by atoms with Crippen molar-refractivity contribution in [2.24, 2.45) is 0 Å². The molecule has 1 aliphatic heterocycles. The maximum atomic E-state index is 12.4. The van der Waals surface area contributed by atoms with Crippen LogP contribution in [0.5, 0.6) is 17.2 Å². The molecule has 34 heavy (non-hydrogen) atoms. The van der Waals surface area contributed by atoms with Crippen LogP contribution in [0.25, 0.3) is 0 Å². The quantitative estimate of drug-likeness (QED) is 0.495. The number of halogens is 3. The van der Waals surface area contributed by atoms with Crippen LogP contribution in [-0.2, 0) is 11.3 Å². The number of carboxylic acids is 1. The Morgan fingerprint density at radius 2 is 1.74 bits per heavy atom. The van der Waals surface area contributed by atoms with Crippen molar-refractivity contribution in [3.8, 4) is 17.2 Å². The number of hydrogen-bond acceptors (Lipinski definition) is 5. The molecule has 0 saturated heterocycles. The second-order valence-electron chi connectivity index (χ2n) is 7.39. The molecule has 1 N–H and O–H groups in total. The van der Waals surface area contributed by atoms with Crippen molar-refractivity contribution >= 4 is 46.7 Å². The zero-order valence-electron chi connectivity index (χ0n) is 18.1. The maximum absolute atomic E-state index is 12.4. The summed E-state index contributed by atoms with van der Waals surface area (Å²) in [6.45, 7) is 0.560. The van der Waals surface area contributed by atoms with Gasteiger partial charge in [-0.2, -0.15) is 0 Å². The predicted molar refractivity (Wildman–Crippen MR) is 123 cm³/mol. The molecule has 3 aromatic rings. The summed E-state index contributed by atoms with van der Waals surface area (Å²) in [6.07, 6.45) is 0.320. The summed E-state index contributed by atoms with van der Waals surface area (Å²) in [5, 5.41) is 15.3. The van der Waals surface area contributed by atoms with Crippen molar-refractivity contribution in [3.05, 3.63) is 86.4 Å². The Morgan fingerprint density at radius 3 is 2.41 bits per heavy atom. The average Bonchev–Trinajstić information content (AvgIpc) is 2.80. The third-order valence-electron chi connectivity index (χ3n) is 5.17. The number of carboxylic acid groups (broad SMARTS) is 1. The summed E-state index contributed by atoms with van der Waals surface area (Å²) in [5.74, 6) is -1.05. The number of hydrogen-bond donors (Lipinski definition) is 1. The number of ether oxygens (including phenoxy) is 2. The van der Waals surface area contributed by atoms with E-state index in [0.29, 0.717) is 51.4 Å². The first kappa shape index (κ1) is 26.7. The maximum Gasteiger partial charge on any atom is 1.00 e. The van der Waals surface area contributed by atoms with Gasteiger partial charge in [0.25, 0.3) is 5.91 Å². The fourth-order valence-corrected chi connectivity index (χ4v) is 3.98. The molecular weight excluding hydrogens is 512 g/mol. The Balaban J connectivity index is 0.00000324. The second kappa shape index (κ2) is 11.7. The molecule has 3 aromatic carbocycles. The van der Waals surface area contributed by atoms with E-state index in [-0.39, 0.29) is 47.1 Å². The number of fused-ring (bicyclic) bond motifs is 1. The fraction of sp³-hybridized carbons (Fsp3) is 0.167. The van der Waals surface area contributed by atoms with Crippen LogP contribution in [0, 0.1) is 0 Å².